The van der Waals surface area contributed by atoms with Crippen molar-refractivity contribution < 1.29 is 9.32 Å². The number of nitrogens with one attached hydrogen (secondary N) is 2. The number of hydrogen-bond acceptors (Lipinski definition) is 5. The van der Waals surface area contributed by atoms with Gasteiger partial charge in [0.15, 0.2) is 0 Å². The first-order valence-electron chi connectivity index (χ1n) is 8.98. The van der Waals surface area contributed by atoms with E-state index >= 15 is 0 Å². The van der Waals surface area contributed by atoms with Crippen LogP contribution in [0, 0.1) is 19.8 Å². The normalized spacial score (nSPS) is 10.9. The lowest BCUT2D eigenvalue weighted by Crippen LogP contribution is -2.17. The van der Waals surface area contributed by atoms with Gasteiger partial charge in [-0.1, -0.05) is 49.3 Å². The molecule has 0 bridgehead atoms. The fraction of sp³-hybridized carbons (Fsp3) is 0.286. The lowest BCUT2D eigenvalue weighted by Gasteiger charge is -2.12. The van der Waals surface area contributed by atoms with E-state index in [9.17, 15) is 4.79 Å². The Bertz CT molecular complexity index is 947. The van der Waals surface area contributed by atoms with Crippen LogP contribution in [0.5, 0.6) is 0 Å². The van der Waals surface area contributed by atoms with Gasteiger partial charge in [-0.05, 0) is 37.1 Å². The third kappa shape index (κ3) is 4.53. The van der Waals surface area contributed by atoms with Gasteiger partial charge in [-0.25, -0.2) is 0 Å². The van der Waals surface area contributed by atoms with Gasteiger partial charge in [0.1, 0.15) is 0 Å². The number of carbonyl (C=O) groups is 1. The van der Waals surface area contributed by atoms with Crippen molar-refractivity contribution in [2.45, 2.75) is 34.2 Å². The predicted octanol–water partition coefficient (Wildman–Crippen LogP) is 4.56. The molecule has 27 heavy (non-hydrogen) atoms. The summed E-state index contributed by atoms with van der Waals surface area (Å²) < 4.78 is 5.37. The van der Waals surface area contributed by atoms with E-state index in [-0.39, 0.29) is 11.8 Å². The zero-order valence-corrected chi connectivity index (χ0v) is 16.0. The first kappa shape index (κ1) is 18.6. The maximum absolute atomic E-state index is 11.9. The number of rotatable bonds is 6. The summed E-state index contributed by atoms with van der Waals surface area (Å²) in [6, 6.07) is 13.7. The van der Waals surface area contributed by atoms with Gasteiger partial charge in [0.2, 0.25) is 17.6 Å². The molecular weight excluding hydrogens is 340 g/mol. The van der Waals surface area contributed by atoms with Gasteiger partial charge >= 0.3 is 0 Å². The molecule has 0 aliphatic carbocycles. The number of hydrogen-bond donors (Lipinski definition) is 2. The summed E-state index contributed by atoms with van der Waals surface area (Å²) in [6.07, 6.45) is 0. The maximum Gasteiger partial charge on any atom is 0.246 e. The Morgan fingerprint density at radius 2 is 1.89 bits per heavy atom. The molecule has 0 aliphatic rings. The third-order valence-electron chi connectivity index (χ3n) is 4.31. The van der Waals surface area contributed by atoms with Crippen molar-refractivity contribution in [3.05, 3.63) is 59.5 Å². The highest BCUT2D eigenvalue weighted by Gasteiger charge is 2.12. The molecule has 6 heteroatoms. The molecule has 0 fully saturated rings. The molecule has 140 valence electrons. The minimum atomic E-state index is -0.0685. The Hall–Kier alpha value is -3.15. The van der Waals surface area contributed by atoms with Crippen molar-refractivity contribution in [1.29, 1.82) is 0 Å². The Kier molecular flexibility index (Phi) is 5.54. The molecule has 0 atom stereocenters. The zero-order chi connectivity index (χ0) is 19.4. The number of aromatic nitrogens is 2. The molecule has 0 radical (unpaired) electrons. The Morgan fingerprint density at radius 1 is 1.11 bits per heavy atom. The second kappa shape index (κ2) is 8.03. The van der Waals surface area contributed by atoms with Crippen LogP contribution < -0.4 is 10.6 Å². The monoisotopic (exact) mass is 364 g/mol. The molecular formula is C21H24N4O2. The number of anilines is 2. The van der Waals surface area contributed by atoms with Crippen molar-refractivity contribution in [1.82, 2.24) is 10.1 Å². The number of carbonyl (C=O) groups excluding carboxylic acids is 1. The van der Waals surface area contributed by atoms with Gasteiger partial charge in [0.05, 0.1) is 6.54 Å². The van der Waals surface area contributed by atoms with E-state index in [1.54, 1.807) is 0 Å². The highest BCUT2D eigenvalue weighted by atomic mass is 16.5. The van der Waals surface area contributed by atoms with Crippen molar-refractivity contribution in [3.63, 3.8) is 0 Å². The van der Waals surface area contributed by atoms with Crippen LogP contribution in [0.3, 0.4) is 0 Å². The van der Waals surface area contributed by atoms with Gasteiger partial charge in [0, 0.05) is 22.9 Å². The summed E-state index contributed by atoms with van der Waals surface area (Å²) >= 11 is 0. The Balaban J connectivity index is 1.70. The molecule has 2 aromatic carbocycles. The van der Waals surface area contributed by atoms with Crippen LogP contribution in [0.2, 0.25) is 0 Å². The number of benzene rings is 2. The smallest absolute Gasteiger partial charge is 0.246 e. The van der Waals surface area contributed by atoms with E-state index in [4.69, 9.17) is 4.52 Å². The fourth-order valence-corrected chi connectivity index (χ4v) is 2.61. The quantitative estimate of drug-likeness (QED) is 0.670. The topological polar surface area (TPSA) is 80.0 Å². The summed E-state index contributed by atoms with van der Waals surface area (Å²) in [4.78, 5) is 16.4. The molecule has 0 saturated carbocycles. The molecule has 1 heterocycles. The molecule has 0 spiro atoms. The number of aryl methyl sites for hydroxylation is 2. The van der Waals surface area contributed by atoms with E-state index in [1.165, 1.54) is 0 Å². The van der Waals surface area contributed by atoms with Gasteiger partial charge in [-0.2, -0.15) is 4.98 Å². The van der Waals surface area contributed by atoms with Crippen LogP contribution in [0.1, 0.15) is 30.9 Å². The Labute approximate surface area is 159 Å². The van der Waals surface area contributed by atoms with Gasteiger partial charge in [-0.15, -0.1) is 0 Å². The Morgan fingerprint density at radius 3 is 2.63 bits per heavy atom. The molecule has 6 nitrogen and oxygen atoms in total. The van der Waals surface area contributed by atoms with Crippen LogP contribution in [-0.4, -0.2) is 16.0 Å². The predicted molar refractivity (Wildman–Crippen MR) is 106 cm³/mol. The van der Waals surface area contributed by atoms with Crippen LogP contribution in [-0.2, 0) is 11.3 Å². The van der Waals surface area contributed by atoms with Crippen molar-refractivity contribution in [2.75, 3.05) is 10.6 Å². The van der Waals surface area contributed by atoms with E-state index in [1.807, 2.05) is 70.2 Å². The molecule has 3 aromatic rings. The zero-order valence-electron chi connectivity index (χ0n) is 16.0. The largest absolute Gasteiger partial charge is 0.376 e. The van der Waals surface area contributed by atoms with E-state index < -0.39 is 0 Å². The third-order valence-corrected chi connectivity index (χ3v) is 4.31. The van der Waals surface area contributed by atoms with Crippen LogP contribution in [0.4, 0.5) is 11.4 Å². The van der Waals surface area contributed by atoms with E-state index in [0.717, 1.165) is 28.1 Å². The van der Waals surface area contributed by atoms with Gasteiger partial charge in [0.25, 0.3) is 0 Å². The number of nitrogens with zero attached hydrogens (tertiary/aromatic N) is 2. The lowest BCUT2D eigenvalue weighted by atomic mass is 10.1. The van der Waals surface area contributed by atoms with Gasteiger partial charge in [-0.3, -0.25) is 4.79 Å². The lowest BCUT2D eigenvalue weighted by molar-refractivity contribution is -0.118. The minimum Gasteiger partial charge on any atom is -0.376 e. The molecule has 0 saturated heterocycles. The van der Waals surface area contributed by atoms with Crippen LogP contribution in [0.15, 0.2) is 47.0 Å². The van der Waals surface area contributed by atoms with Crippen molar-refractivity contribution in [2.24, 2.45) is 5.92 Å². The van der Waals surface area contributed by atoms with Crippen LogP contribution in [0.25, 0.3) is 11.4 Å². The van der Waals surface area contributed by atoms with E-state index in [0.29, 0.717) is 18.3 Å². The fourth-order valence-electron chi connectivity index (χ4n) is 2.61. The maximum atomic E-state index is 11.9. The molecule has 1 amide bonds. The second-order valence-corrected chi connectivity index (χ2v) is 6.85. The summed E-state index contributed by atoms with van der Waals surface area (Å²) in [5, 5.41) is 10.3. The molecule has 1 aromatic heterocycles. The summed E-state index contributed by atoms with van der Waals surface area (Å²) in [5.74, 6) is 1.01. The molecule has 3 rings (SSSR count). The first-order valence-corrected chi connectivity index (χ1v) is 8.98. The summed E-state index contributed by atoms with van der Waals surface area (Å²) in [6.45, 7) is 8.16. The average Bonchev–Trinajstić information content (AvgIpc) is 3.11. The summed E-state index contributed by atoms with van der Waals surface area (Å²) in [7, 11) is 0. The van der Waals surface area contributed by atoms with Crippen molar-refractivity contribution >= 4 is 17.3 Å². The first-order chi connectivity index (χ1) is 12.9. The van der Waals surface area contributed by atoms with Crippen molar-refractivity contribution in [3.8, 4) is 11.4 Å². The average molecular weight is 364 g/mol. The SMILES string of the molecule is Cc1ccc(NC(=O)C(C)C)cc1NCc1nc(-c2ccccc2C)no1. The molecule has 2 N–H and O–H groups in total. The summed E-state index contributed by atoms with van der Waals surface area (Å²) in [5.41, 5.74) is 4.79. The van der Waals surface area contributed by atoms with E-state index in [2.05, 4.69) is 20.8 Å². The van der Waals surface area contributed by atoms with Crippen LogP contribution >= 0.6 is 0 Å². The highest BCUT2D eigenvalue weighted by Crippen LogP contribution is 2.23. The standard InChI is InChI=1S/C21H24N4O2/c1-13(2)21(26)23-16-10-9-15(4)18(11-16)22-12-19-24-20(25-27-19)17-8-6-5-7-14(17)3/h5-11,13,22H,12H2,1-4H3,(H,23,26). The molecule has 0 aliphatic heterocycles. The highest BCUT2D eigenvalue weighted by molar-refractivity contribution is 5.92. The number of amides is 1. The van der Waals surface area contributed by atoms with Gasteiger partial charge < -0.3 is 15.2 Å². The minimum absolute atomic E-state index is 0.00965. The second-order valence-electron chi connectivity index (χ2n) is 6.85. The molecule has 0 unspecified atom stereocenters.